The largest absolute Gasteiger partial charge is 0.477 e. The Bertz CT molecular complexity index is 801. The number of rotatable bonds is 7. The number of ether oxygens (including phenoxy) is 1. The molecule has 1 N–H and O–H groups in total. The quantitative estimate of drug-likeness (QED) is 0.476. The maximum Gasteiger partial charge on any atom is 0.310 e. The van der Waals surface area contributed by atoms with Gasteiger partial charge >= 0.3 is 5.69 Å². The molecule has 0 saturated heterocycles. The molecule has 7 heteroatoms. The molecule has 0 bridgehead atoms. The van der Waals surface area contributed by atoms with Crippen LogP contribution in [-0.4, -0.2) is 23.7 Å². The van der Waals surface area contributed by atoms with Crippen LogP contribution in [0.4, 0.5) is 5.69 Å². The fourth-order valence-corrected chi connectivity index (χ4v) is 1.96. The van der Waals surface area contributed by atoms with Crippen molar-refractivity contribution < 1.29 is 14.5 Å². The zero-order valence-electron chi connectivity index (χ0n) is 13.6. The molecule has 0 atom stereocenters. The van der Waals surface area contributed by atoms with Crippen molar-refractivity contribution in [3.8, 4) is 5.75 Å². The Balaban J connectivity index is 1.85. The van der Waals surface area contributed by atoms with Crippen LogP contribution in [0.2, 0.25) is 0 Å². The fourth-order valence-electron chi connectivity index (χ4n) is 1.96. The Hall–Kier alpha value is -3.48. The first-order valence-corrected chi connectivity index (χ1v) is 7.48. The number of amides is 1. The van der Waals surface area contributed by atoms with Gasteiger partial charge in [0.25, 0.3) is 5.91 Å². The van der Waals surface area contributed by atoms with Crippen molar-refractivity contribution in [2.45, 2.75) is 6.92 Å². The van der Waals surface area contributed by atoms with Gasteiger partial charge < -0.3 is 4.74 Å². The lowest BCUT2D eigenvalue weighted by atomic mass is 10.1. The molecule has 2 rings (SSSR count). The molecule has 0 spiro atoms. The van der Waals surface area contributed by atoms with Gasteiger partial charge in [0.15, 0.2) is 12.4 Å². The van der Waals surface area contributed by atoms with Crippen LogP contribution in [0, 0.1) is 10.1 Å². The lowest BCUT2D eigenvalue weighted by molar-refractivity contribution is -0.385. The van der Waals surface area contributed by atoms with Crippen LogP contribution in [0.5, 0.6) is 5.75 Å². The molecule has 0 aliphatic carbocycles. The minimum absolute atomic E-state index is 0.0341. The normalized spacial score (nSPS) is 11.3. The number of hydrazone groups is 1. The summed E-state index contributed by atoms with van der Waals surface area (Å²) < 4.78 is 5.17. The molecule has 0 aliphatic rings. The molecule has 0 aliphatic heterocycles. The van der Waals surface area contributed by atoms with Gasteiger partial charge in [0, 0.05) is 6.07 Å². The van der Waals surface area contributed by atoms with Crippen molar-refractivity contribution in [3.63, 3.8) is 0 Å². The van der Waals surface area contributed by atoms with E-state index >= 15 is 0 Å². The van der Waals surface area contributed by atoms with E-state index in [1.165, 1.54) is 24.4 Å². The summed E-state index contributed by atoms with van der Waals surface area (Å²) in [6, 6.07) is 15.6. The number of nitrogens with one attached hydrogen (secondary N) is 1. The third-order valence-corrected chi connectivity index (χ3v) is 3.07. The van der Waals surface area contributed by atoms with E-state index in [4.69, 9.17) is 4.74 Å². The molecule has 0 saturated carbocycles. The molecule has 0 heterocycles. The van der Waals surface area contributed by atoms with Crippen molar-refractivity contribution in [3.05, 3.63) is 75.8 Å². The Labute approximate surface area is 144 Å². The van der Waals surface area contributed by atoms with E-state index in [2.05, 4.69) is 10.5 Å². The summed E-state index contributed by atoms with van der Waals surface area (Å²) in [5, 5.41) is 14.7. The number of para-hydroxylation sites is 2. The van der Waals surface area contributed by atoms with Crippen LogP contribution in [0.1, 0.15) is 12.5 Å². The summed E-state index contributed by atoms with van der Waals surface area (Å²) in [5.41, 5.74) is 4.00. The van der Waals surface area contributed by atoms with Crippen LogP contribution in [0.15, 0.2) is 65.3 Å². The Morgan fingerprint density at radius 3 is 2.60 bits per heavy atom. The SMILES string of the molecule is CC(/C=N\NC(=O)COc1ccccc1[N+](=O)[O-])=C/c1ccccc1. The van der Waals surface area contributed by atoms with Crippen LogP contribution in [0.25, 0.3) is 6.08 Å². The highest BCUT2D eigenvalue weighted by Crippen LogP contribution is 2.25. The van der Waals surface area contributed by atoms with Gasteiger partial charge in [0.2, 0.25) is 0 Å². The highest BCUT2D eigenvalue weighted by molar-refractivity contribution is 5.86. The Morgan fingerprint density at radius 1 is 1.20 bits per heavy atom. The second kappa shape index (κ2) is 8.97. The third kappa shape index (κ3) is 5.91. The first kappa shape index (κ1) is 17.9. The number of carbonyl (C=O) groups is 1. The van der Waals surface area contributed by atoms with E-state index < -0.39 is 10.8 Å². The molecular formula is C18H17N3O4. The smallest absolute Gasteiger partial charge is 0.310 e. The highest BCUT2D eigenvalue weighted by Gasteiger charge is 2.14. The van der Waals surface area contributed by atoms with E-state index in [1.54, 1.807) is 6.07 Å². The average molecular weight is 339 g/mol. The monoisotopic (exact) mass is 339 g/mol. The van der Waals surface area contributed by atoms with Gasteiger partial charge in [-0.15, -0.1) is 0 Å². The second-order valence-electron chi connectivity index (χ2n) is 5.11. The van der Waals surface area contributed by atoms with Gasteiger partial charge in [0.05, 0.1) is 11.1 Å². The molecule has 0 aromatic heterocycles. The summed E-state index contributed by atoms with van der Waals surface area (Å²) in [7, 11) is 0. The first-order valence-electron chi connectivity index (χ1n) is 7.48. The number of nitro benzene ring substituents is 1. The summed E-state index contributed by atoms with van der Waals surface area (Å²) in [6.07, 6.45) is 3.43. The van der Waals surface area contributed by atoms with Gasteiger partial charge in [-0.05, 0) is 24.1 Å². The van der Waals surface area contributed by atoms with Crippen LogP contribution in [-0.2, 0) is 4.79 Å². The summed E-state index contributed by atoms with van der Waals surface area (Å²) in [4.78, 5) is 22.0. The average Bonchev–Trinajstić information content (AvgIpc) is 2.61. The van der Waals surface area contributed by atoms with Crippen LogP contribution < -0.4 is 10.2 Å². The molecule has 7 nitrogen and oxygen atoms in total. The number of hydrogen-bond acceptors (Lipinski definition) is 5. The van der Waals surface area contributed by atoms with E-state index in [9.17, 15) is 14.9 Å². The number of nitro groups is 1. The number of hydrogen-bond donors (Lipinski definition) is 1. The van der Waals surface area contributed by atoms with Crippen molar-refractivity contribution in [1.29, 1.82) is 0 Å². The van der Waals surface area contributed by atoms with E-state index in [0.29, 0.717) is 0 Å². The first-order chi connectivity index (χ1) is 12.1. The highest BCUT2D eigenvalue weighted by atomic mass is 16.6. The molecule has 128 valence electrons. The minimum atomic E-state index is -0.566. The van der Waals surface area contributed by atoms with Crippen LogP contribution in [0.3, 0.4) is 0 Å². The van der Waals surface area contributed by atoms with E-state index in [1.807, 2.05) is 43.3 Å². The predicted molar refractivity (Wildman–Crippen MR) is 95.3 cm³/mol. The van der Waals surface area contributed by atoms with Gasteiger partial charge in [-0.25, -0.2) is 5.43 Å². The third-order valence-electron chi connectivity index (χ3n) is 3.07. The lowest BCUT2D eigenvalue weighted by Gasteiger charge is -2.05. The zero-order valence-corrected chi connectivity index (χ0v) is 13.6. The molecule has 0 unspecified atom stereocenters. The molecule has 25 heavy (non-hydrogen) atoms. The topological polar surface area (TPSA) is 93.8 Å². The summed E-state index contributed by atoms with van der Waals surface area (Å²) in [6.45, 7) is 1.48. The van der Waals surface area contributed by atoms with Crippen molar-refractivity contribution in [2.75, 3.05) is 6.61 Å². The fraction of sp³-hybridized carbons (Fsp3) is 0.111. The molecule has 2 aromatic rings. The van der Waals surface area contributed by atoms with Gasteiger partial charge in [-0.2, -0.15) is 5.10 Å². The van der Waals surface area contributed by atoms with Crippen molar-refractivity contribution in [2.24, 2.45) is 5.10 Å². The maximum atomic E-state index is 11.7. The standard InChI is InChI=1S/C18H17N3O4/c1-14(11-15-7-3-2-4-8-15)12-19-20-18(22)13-25-17-10-6-5-9-16(17)21(23)24/h2-12H,13H2,1H3,(H,20,22)/b14-11-,19-12-. The van der Waals surface area contributed by atoms with Gasteiger partial charge in [-0.3, -0.25) is 14.9 Å². The molecular weight excluding hydrogens is 322 g/mol. The molecule has 1 amide bonds. The Morgan fingerprint density at radius 2 is 1.88 bits per heavy atom. The summed E-state index contributed by atoms with van der Waals surface area (Å²) >= 11 is 0. The Kier molecular flexibility index (Phi) is 6.41. The number of allylic oxidation sites excluding steroid dienone is 1. The lowest BCUT2D eigenvalue weighted by Crippen LogP contribution is -2.24. The van der Waals surface area contributed by atoms with Crippen LogP contribution >= 0.6 is 0 Å². The number of benzene rings is 2. The predicted octanol–water partition coefficient (Wildman–Crippen LogP) is 3.18. The molecule has 2 aromatic carbocycles. The molecule has 0 radical (unpaired) electrons. The number of carbonyl (C=O) groups excluding carboxylic acids is 1. The van der Waals surface area contributed by atoms with Gasteiger partial charge in [0.1, 0.15) is 0 Å². The number of nitrogens with zero attached hydrogens (tertiary/aromatic N) is 2. The maximum absolute atomic E-state index is 11.7. The zero-order chi connectivity index (χ0) is 18.1. The van der Waals surface area contributed by atoms with Crippen molar-refractivity contribution >= 4 is 23.9 Å². The van der Waals surface area contributed by atoms with E-state index in [-0.39, 0.29) is 18.0 Å². The second-order valence-corrected chi connectivity index (χ2v) is 5.11. The van der Waals surface area contributed by atoms with Crippen molar-refractivity contribution in [1.82, 2.24) is 5.43 Å². The summed E-state index contributed by atoms with van der Waals surface area (Å²) in [5.74, 6) is -0.478. The minimum Gasteiger partial charge on any atom is -0.477 e. The van der Waals surface area contributed by atoms with E-state index in [0.717, 1.165) is 11.1 Å². The molecule has 0 fully saturated rings. The van der Waals surface area contributed by atoms with Gasteiger partial charge in [-0.1, -0.05) is 48.5 Å².